The van der Waals surface area contributed by atoms with Gasteiger partial charge in [0.15, 0.2) is 0 Å². The highest BCUT2D eigenvalue weighted by Crippen LogP contribution is 2.11. The predicted octanol–water partition coefficient (Wildman–Crippen LogP) is 3.73. The normalized spacial score (nSPS) is 11.5. The average molecular weight is 313 g/mol. The van der Waals surface area contributed by atoms with Crippen molar-refractivity contribution in [2.24, 2.45) is 0 Å². The summed E-state index contributed by atoms with van der Waals surface area (Å²) in [6.45, 7) is 0.755. The Hall–Kier alpha value is -1.07. The molecular weight excluding hydrogens is 288 g/mol. The van der Waals surface area contributed by atoms with E-state index in [1.54, 1.807) is 0 Å². The Balaban J connectivity index is 1.83. The van der Waals surface area contributed by atoms with Crippen molar-refractivity contribution >= 4 is 10.1 Å². The lowest BCUT2D eigenvalue weighted by molar-refractivity contribution is 0.304. The van der Waals surface area contributed by atoms with Crippen molar-refractivity contribution in [2.45, 2.75) is 51.4 Å². The van der Waals surface area contributed by atoms with Crippen LogP contribution in [0.25, 0.3) is 0 Å². The summed E-state index contributed by atoms with van der Waals surface area (Å²) in [4.78, 5) is 0. The van der Waals surface area contributed by atoms with Gasteiger partial charge in [-0.2, -0.15) is 0 Å². The van der Waals surface area contributed by atoms with Gasteiger partial charge in [0.25, 0.3) is 0 Å². The molecule has 0 saturated carbocycles. The van der Waals surface area contributed by atoms with E-state index in [-0.39, 0.29) is 5.75 Å². The summed E-state index contributed by atoms with van der Waals surface area (Å²) in [5.41, 5.74) is 0. The molecule has 0 N–H and O–H groups in total. The Morgan fingerprint density at radius 1 is 0.810 bits per heavy atom. The van der Waals surface area contributed by atoms with Gasteiger partial charge in [0.1, 0.15) is 5.75 Å². The first-order valence-electron chi connectivity index (χ1n) is 7.69. The first-order valence-corrected chi connectivity index (χ1v) is 9.27. The minimum absolute atomic E-state index is 0.218. The minimum atomic E-state index is -4.02. The molecular formula is C16H25O4S-. The summed E-state index contributed by atoms with van der Waals surface area (Å²) in [5.74, 6) is 0.704. The monoisotopic (exact) mass is 313 g/mol. The molecule has 1 aromatic carbocycles. The fraction of sp³-hybridized carbons (Fsp3) is 0.625. The molecule has 0 aliphatic carbocycles. The molecule has 0 atom stereocenters. The van der Waals surface area contributed by atoms with Gasteiger partial charge in [-0.15, -0.1) is 0 Å². The molecule has 4 nitrogen and oxygen atoms in total. The second-order valence-electron chi connectivity index (χ2n) is 5.25. The van der Waals surface area contributed by atoms with Crippen LogP contribution in [0.4, 0.5) is 0 Å². The number of unbranched alkanes of at least 4 members (excludes halogenated alkanes) is 7. The van der Waals surface area contributed by atoms with Crippen LogP contribution in [-0.2, 0) is 10.1 Å². The standard InChI is InChI=1S/C16H26O4S/c17-21(18,19)15-11-6-4-2-1-3-5-10-14-20-16-12-8-7-9-13-16/h7-9,12-13H,1-6,10-11,14-15H2,(H,17,18,19)/p-1. The van der Waals surface area contributed by atoms with E-state index in [2.05, 4.69) is 0 Å². The summed E-state index contributed by atoms with van der Waals surface area (Å²) in [5, 5.41) is 0. The summed E-state index contributed by atoms with van der Waals surface area (Å²) in [6, 6.07) is 9.82. The highest BCUT2D eigenvalue weighted by molar-refractivity contribution is 7.85. The van der Waals surface area contributed by atoms with Crippen LogP contribution in [0.1, 0.15) is 51.4 Å². The molecule has 0 aromatic heterocycles. The lowest BCUT2D eigenvalue weighted by atomic mass is 10.1. The maximum atomic E-state index is 10.4. The topological polar surface area (TPSA) is 66.4 Å². The summed E-state index contributed by atoms with van der Waals surface area (Å²) < 4.78 is 36.8. The summed E-state index contributed by atoms with van der Waals surface area (Å²) in [6.07, 6.45) is 8.00. The van der Waals surface area contributed by atoms with Gasteiger partial charge in [-0.05, 0) is 25.0 Å². The fourth-order valence-corrected chi connectivity index (χ4v) is 2.71. The molecule has 5 heteroatoms. The number of ether oxygens (including phenoxy) is 1. The van der Waals surface area contributed by atoms with E-state index in [0.717, 1.165) is 50.9 Å². The Labute approximate surface area is 128 Å². The van der Waals surface area contributed by atoms with E-state index in [9.17, 15) is 13.0 Å². The van der Waals surface area contributed by atoms with Crippen molar-refractivity contribution in [3.05, 3.63) is 30.3 Å². The van der Waals surface area contributed by atoms with Crippen LogP contribution in [0.3, 0.4) is 0 Å². The van der Waals surface area contributed by atoms with Crippen molar-refractivity contribution in [2.75, 3.05) is 12.4 Å². The second kappa shape index (κ2) is 10.6. The third kappa shape index (κ3) is 11.3. The highest BCUT2D eigenvalue weighted by atomic mass is 32.2. The van der Waals surface area contributed by atoms with E-state index in [1.165, 1.54) is 6.42 Å². The molecule has 1 aromatic rings. The zero-order valence-corrected chi connectivity index (χ0v) is 13.3. The first-order chi connectivity index (χ1) is 10.1. The molecule has 0 aliphatic heterocycles. The molecule has 1 rings (SSSR count). The molecule has 21 heavy (non-hydrogen) atoms. The smallest absolute Gasteiger partial charge is 0.119 e. The Bertz CT molecular complexity index is 456. The second-order valence-corrected chi connectivity index (χ2v) is 6.78. The molecule has 120 valence electrons. The third-order valence-corrected chi connectivity index (χ3v) is 4.09. The lowest BCUT2D eigenvalue weighted by Gasteiger charge is -2.06. The quantitative estimate of drug-likeness (QED) is 0.435. The number of benzene rings is 1. The largest absolute Gasteiger partial charge is 0.748 e. The zero-order chi connectivity index (χ0) is 15.4. The molecule has 0 unspecified atom stereocenters. The van der Waals surface area contributed by atoms with Crippen molar-refractivity contribution in [3.63, 3.8) is 0 Å². The molecule has 0 aliphatic rings. The number of hydrogen-bond donors (Lipinski definition) is 0. The van der Waals surface area contributed by atoms with Gasteiger partial charge < -0.3 is 9.29 Å². The molecule has 0 heterocycles. The Kier molecular flexibility index (Phi) is 9.10. The van der Waals surface area contributed by atoms with Crippen LogP contribution < -0.4 is 4.74 Å². The van der Waals surface area contributed by atoms with Crippen LogP contribution in [0.2, 0.25) is 0 Å². The van der Waals surface area contributed by atoms with Gasteiger partial charge in [-0.3, -0.25) is 0 Å². The van der Waals surface area contributed by atoms with Crippen molar-refractivity contribution in [1.82, 2.24) is 0 Å². The van der Waals surface area contributed by atoms with Crippen LogP contribution in [0, 0.1) is 0 Å². The molecule has 0 radical (unpaired) electrons. The van der Waals surface area contributed by atoms with Crippen molar-refractivity contribution < 1.29 is 17.7 Å². The lowest BCUT2D eigenvalue weighted by Crippen LogP contribution is -2.03. The molecule has 0 spiro atoms. The van der Waals surface area contributed by atoms with Crippen LogP contribution in [0.15, 0.2) is 30.3 Å². The van der Waals surface area contributed by atoms with Gasteiger partial charge in [0.2, 0.25) is 0 Å². The van der Waals surface area contributed by atoms with Crippen LogP contribution in [-0.4, -0.2) is 25.3 Å². The predicted molar refractivity (Wildman–Crippen MR) is 83.4 cm³/mol. The van der Waals surface area contributed by atoms with E-state index in [0.29, 0.717) is 6.42 Å². The van der Waals surface area contributed by atoms with Crippen LogP contribution in [0.5, 0.6) is 5.75 Å². The Morgan fingerprint density at radius 2 is 1.33 bits per heavy atom. The average Bonchev–Trinajstić information content (AvgIpc) is 2.44. The van der Waals surface area contributed by atoms with Gasteiger partial charge in [0, 0.05) is 5.75 Å². The van der Waals surface area contributed by atoms with Gasteiger partial charge in [0.05, 0.1) is 16.7 Å². The van der Waals surface area contributed by atoms with Crippen LogP contribution >= 0.6 is 0 Å². The number of rotatable bonds is 12. The van der Waals surface area contributed by atoms with Crippen molar-refractivity contribution in [3.8, 4) is 5.75 Å². The van der Waals surface area contributed by atoms with Gasteiger partial charge >= 0.3 is 0 Å². The van der Waals surface area contributed by atoms with E-state index < -0.39 is 10.1 Å². The van der Waals surface area contributed by atoms with Gasteiger partial charge in [-0.1, -0.05) is 56.7 Å². The highest BCUT2D eigenvalue weighted by Gasteiger charge is 1.96. The van der Waals surface area contributed by atoms with Gasteiger partial charge in [-0.25, -0.2) is 8.42 Å². The fourth-order valence-electron chi connectivity index (χ4n) is 2.15. The number of para-hydroxylation sites is 1. The Morgan fingerprint density at radius 3 is 1.90 bits per heavy atom. The molecule has 0 bridgehead atoms. The first kappa shape index (κ1) is 18.0. The third-order valence-electron chi connectivity index (χ3n) is 3.30. The van der Waals surface area contributed by atoms with E-state index >= 15 is 0 Å². The number of hydrogen-bond acceptors (Lipinski definition) is 4. The summed E-state index contributed by atoms with van der Waals surface area (Å²) in [7, 11) is -4.02. The molecule has 0 fully saturated rings. The molecule has 0 saturated heterocycles. The zero-order valence-electron chi connectivity index (χ0n) is 12.5. The molecule has 0 amide bonds. The summed E-state index contributed by atoms with van der Waals surface area (Å²) >= 11 is 0. The van der Waals surface area contributed by atoms with E-state index in [4.69, 9.17) is 4.74 Å². The maximum absolute atomic E-state index is 10.4. The SMILES string of the molecule is O=S(=O)([O-])CCCCCCCCCCOc1ccccc1. The van der Waals surface area contributed by atoms with E-state index in [1.807, 2.05) is 30.3 Å². The van der Waals surface area contributed by atoms with Crippen molar-refractivity contribution in [1.29, 1.82) is 0 Å². The maximum Gasteiger partial charge on any atom is 0.119 e. The minimum Gasteiger partial charge on any atom is -0.748 e.